The van der Waals surface area contributed by atoms with Crippen molar-refractivity contribution >= 4 is 23.4 Å². The van der Waals surface area contributed by atoms with Crippen LogP contribution in [0.15, 0.2) is 18.2 Å². The minimum Gasteiger partial charge on any atom is -0.317 e. The number of nitrogens with zero attached hydrogens (tertiary/aromatic N) is 1. The third kappa shape index (κ3) is 2.92. The number of anilines is 1. The molecule has 3 heterocycles. The van der Waals surface area contributed by atoms with Gasteiger partial charge >= 0.3 is 0 Å². The first kappa shape index (κ1) is 17.2. The van der Waals surface area contributed by atoms with Crippen molar-refractivity contribution in [3.05, 3.63) is 29.3 Å². The number of fused-ring (bicyclic) bond motifs is 1. The van der Waals surface area contributed by atoms with E-state index in [1.807, 2.05) is 12.1 Å². The molecule has 0 aromatic heterocycles. The summed E-state index contributed by atoms with van der Waals surface area (Å²) in [4.78, 5) is 38.4. The number of hydrogen-bond donors (Lipinski definition) is 2. The first-order chi connectivity index (χ1) is 12.6. The number of hydrogen-bond acceptors (Lipinski definition) is 4. The molecular formula is C20H25N3O3. The molecule has 0 aliphatic carbocycles. The molecule has 3 amide bonds. The Morgan fingerprint density at radius 1 is 1.08 bits per heavy atom. The highest BCUT2D eigenvalue weighted by Gasteiger charge is 2.40. The molecule has 26 heavy (non-hydrogen) atoms. The van der Waals surface area contributed by atoms with Crippen LogP contribution >= 0.6 is 0 Å². The highest BCUT2D eigenvalue weighted by Crippen LogP contribution is 2.43. The van der Waals surface area contributed by atoms with Gasteiger partial charge in [0.05, 0.1) is 0 Å². The van der Waals surface area contributed by atoms with E-state index in [9.17, 15) is 14.4 Å². The van der Waals surface area contributed by atoms with Gasteiger partial charge in [-0.05, 0) is 61.4 Å². The molecule has 2 N–H and O–H groups in total. The van der Waals surface area contributed by atoms with Crippen LogP contribution in [0.25, 0.3) is 0 Å². The molecule has 138 valence electrons. The SMILES string of the molecule is CC1CC(=O)N(C2CCC(=O)NC2=O)c2cccc(C3CCNCC3)c21. The van der Waals surface area contributed by atoms with Crippen molar-refractivity contribution in [3.8, 4) is 0 Å². The number of rotatable bonds is 2. The van der Waals surface area contributed by atoms with E-state index < -0.39 is 6.04 Å². The monoisotopic (exact) mass is 355 g/mol. The summed E-state index contributed by atoms with van der Waals surface area (Å²) in [7, 11) is 0. The maximum absolute atomic E-state index is 12.8. The third-order valence-corrected chi connectivity index (χ3v) is 5.92. The van der Waals surface area contributed by atoms with Crippen LogP contribution in [0.1, 0.15) is 62.0 Å². The highest BCUT2D eigenvalue weighted by molar-refractivity contribution is 6.08. The van der Waals surface area contributed by atoms with E-state index in [-0.39, 0.29) is 30.1 Å². The molecule has 2 fully saturated rings. The van der Waals surface area contributed by atoms with E-state index in [1.54, 1.807) is 4.90 Å². The zero-order chi connectivity index (χ0) is 18.3. The largest absolute Gasteiger partial charge is 0.317 e. The fourth-order valence-electron chi connectivity index (χ4n) is 4.67. The van der Waals surface area contributed by atoms with Gasteiger partial charge in [-0.3, -0.25) is 24.6 Å². The van der Waals surface area contributed by atoms with Gasteiger partial charge < -0.3 is 5.32 Å². The quantitative estimate of drug-likeness (QED) is 0.793. The second kappa shape index (κ2) is 6.83. The lowest BCUT2D eigenvalue weighted by atomic mass is 9.79. The van der Waals surface area contributed by atoms with Crippen LogP contribution in [-0.2, 0) is 14.4 Å². The lowest BCUT2D eigenvalue weighted by Gasteiger charge is -2.40. The van der Waals surface area contributed by atoms with Gasteiger partial charge in [-0.25, -0.2) is 0 Å². The summed E-state index contributed by atoms with van der Waals surface area (Å²) in [5.74, 6) is -0.00401. The third-order valence-electron chi connectivity index (χ3n) is 5.92. The van der Waals surface area contributed by atoms with Gasteiger partial charge in [0, 0.05) is 18.5 Å². The molecule has 0 saturated carbocycles. The number of imide groups is 1. The lowest BCUT2D eigenvalue weighted by molar-refractivity contribution is -0.136. The summed E-state index contributed by atoms with van der Waals surface area (Å²) in [6, 6.07) is 5.55. The summed E-state index contributed by atoms with van der Waals surface area (Å²) in [5, 5.41) is 5.79. The second-order valence-electron chi connectivity index (χ2n) is 7.64. The smallest absolute Gasteiger partial charge is 0.249 e. The maximum atomic E-state index is 12.8. The van der Waals surface area contributed by atoms with E-state index >= 15 is 0 Å². The van der Waals surface area contributed by atoms with Gasteiger partial charge in [-0.2, -0.15) is 0 Å². The fraction of sp³-hybridized carbons (Fsp3) is 0.550. The van der Waals surface area contributed by atoms with Gasteiger partial charge in [0.25, 0.3) is 0 Å². The first-order valence-electron chi connectivity index (χ1n) is 9.55. The van der Waals surface area contributed by atoms with E-state index in [0.29, 0.717) is 18.8 Å². The van der Waals surface area contributed by atoms with Gasteiger partial charge in [0.15, 0.2) is 0 Å². The summed E-state index contributed by atoms with van der Waals surface area (Å²) in [6.45, 7) is 4.13. The van der Waals surface area contributed by atoms with E-state index in [1.165, 1.54) is 11.1 Å². The second-order valence-corrected chi connectivity index (χ2v) is 7.64. The van der Waals surface area contributed by atoms with Gasteiger partial charge in [-0.1, -0.05) is 19.1 Å². The Bertz CT molecular complexity index is 755. The molecule has 1 aromatic rings. The Balaban J connectivity index is 1.75. The zero-order valence-electron chi connectivity index (χ0n) is 15.1. The number of amides is 3. The van der Waals surface area contributed by atoms with Gasteiger partial charge in [0.1, 0.15) is 6.04 Å². The van der Waals surface area contributed by atoms with E-state index in [2.05, 4.69) is 23.6 Å². The molecule has 3 aliphatic heterocycles. The predicted molar refractivity (Wildman–Crippen MR) is 98.0 cm³/mol. The molecule has 2 saturated heterocycles. The molecule has 2 atom stereocenters. The topological polar surface area (TPSA) is 78.5 Å². The standard InChI is InChI=1S/C20H25N3O3/c1-12-11-18(25)23(16-5-6-17(24)22-20(16)26)15-4-2-3-14(19(12)15)13-7-9-21-10-8-13/h2-4,12-13,16,21H,5-11H2,1H3,(H,22,24,26). The molecule has 4 rings (SSSR count). The Labute approximate surface area is 153 Å². The van der Waals surface area contributed by atoms with Crippen LogP contribution in [0.3, 0.4) is 0 Å². The number of nitrogens with one attached hydrogen (secondary N) is 2. The number of carbonyl (C=O) groups is 3. The maximum Gasteiger partial charge on any atom is 0.249 e. The Morgan fingerprint density at radius 2 is 1.85 bits per heavy atom. The molecule has 0 radical (unpaired) electrons. The fourth-order valence-corrected chi connectivity index (χ4v) is 4.67. The summed E-state index contributed by atoms with van der Waals surface area (Å²) in [6.07, 6.45) is 3.26. The number of benzene rings is 1. The predicted octanol–water partition coefficient (Wildman–Crippen LogP) is 1.80. The normalized spacial score (nSPS) is 27.3. The lowest BCUT2D eigenvalue weighted by Crippen LogP contribution is -2.56. The van der Waals surface area contributed by atoms with Gasteiger partial charge in [0.2, 0.25) is 17.7 Å². The van der Waals surface area contributed by atoms with Crippen molar-refractivity contribution in [1.29, 1.82) is 0 Å². The average molecular weight is 355 g/mol. The Hall–Kier alpha value is -2.21. The van der Waals surface area contributed by atoms with Crippen molar-refractivity contribution < 1.29 is 14.4 Å². The van der Waals surface area contributed by atoms with Crippen LogP contribution in [0, 0.1) is 0 Å². The van der Waals surface area contributed by atoms with Crippen molar-refractivity contribution in [1.82, 2.24) is 10.6 Å². The van der Waals surface area contributed by atoms with Crippen LogP contribution < -0.4 is 15.5 Å². The molecule has 6 heteroatoms. The van der Waals surface area contributed by atoms with Crippen LogP contribution in [0.2, 0.25) is 0 Å². The molecule has 0 bridgehead atoms. The minimum absolute atomic E-state index is 0.0260. The summed E-state index contributed by atoms with van der Waals surface area (Å²) >= 11 is 0. The van der Waals surface area contributed by atoms with Crippen molar-refractivity contribution in [2.24, 2.45) is 0 Å². The minimum atomic E-state index is -0.588. The van der Waals surface area contributed by atoms with Gasteiger partial charge in [-0.15, -0.1) is 0 Å². The molecule has 2 unspecified atom stereocenters. The average Bonchev–Trinajstić information content (AvgIpc) is 2.63. The van der Waals surface area contributed by atoms with Crippen LogP contribution in [-0.4, -0.2) is 36.9 Å². The number of carbonyl (C=O) groups excluding carboxylic acids is 3. The highest BCUT2D eigenvalue weighted by atomic mass is 16.2. The number of piperidine rings is 2. The van der Waals surface area contributed by atoms with Crippen LogP contribution in [0.5, 0.6) is 0 Å². The van der Waals surface area contributed by atoms with Crippen molar-refractivity contribution in [2.45, 2.75) is 56.9 Å². The first-order valence-corrected chi connectivity index (χ1v) is 9.55. The van der Waals surface area contributed by atoms with E-state index in [0.717, 1.165) is 31.6 Å². The van der Waals surface area contributed by atoms with Crippen molar-refractivity contribution in [2.75, 3.05) is 18.0 Å². The molecule has 6 nitrogen and oxygen atoms in total. The van der Waals surface area contributed by atoms with E-state index in [4.69, 9.17) is 0 Å². The summed E-state index contributed by atoms with van der Waals surface area (Å²) < 4.78 is 0. The van der Waals surface area contributed by atoms with Crippen molar-refractivity contribution in [3.63, 3.8) is 0 Å². The molecule has 0 spiro atoms. The Morgan fingerprint density at radius 3 is 2.58 bits per heavy atom. The Kier molecular flexibility index (Phi) is 4.53. The van der Waals surface area contributed by atoms with Crippen LogP contribution in [0.4, 0.5) is 5.69 Å². The summed E-state index contributed by atoms with van der Waals surface area (Å²) in [5.41, 5.74) is 3.39. The molecular weight excluding hydrogens is 330 g/mol. The molecule has 3 aliphatic rings. The zero-order valence-corrected chi connectivity index (χ0v) is 15.1. The molecule has 1 aromatic carbocycles.